The number of hydrogen-bond donors (Lipinski definition) is 1. The molecule has 0 bridgehead atoms. The maximum absolute atomic E-state index is 13.6. The lowest BCUT2D eigenvalue weighted by Gasteiger charge is -2.07. The van der Waals surface area contributed by atoms with Gasteiger partial charge in [0.25, 0.3) is 0 Å². The van der Waals surface area contributed by atoms with E-state index in [1.54, 1.807) is 34.9 Å². The van der Waals surface area contributed by atoms with Crippen LogP contribution in [-0.4, -0.2) is 27.6 Å². The molecular weight excluding hydrogens is 303 g/mol. The molecule has 0 aliphatic heterocycles. The molecule has 0 saturated carbocycles. The highest BCUT2D eigenvalue weighted by molar-refractivity contribution is 5.93. The minimum atomic E-state index is -1.15. The predicted octanol–water partition coefficient (Wildman–Crippen LogP) is 2.76. The minimum Gasteiger partial charge on any atom is -0.495 e. The zero-order chi connectivity index (χ0) is 16.4. The van der Waals surface area contributed by atoms with E-state index < -0.39 is 11.8 Å². The third kappa shape index (κ3) is 2.80. The summed E-state index contributed by atoms with van der Waals surface area (Å²) < 4.78 is 25.7. The van der Waals surface area contributed by atoms with Gasteiger partial charge < -0.3 is 14.6 Å². The summed E-state index contributed by atoms with van der Waals surface area (Å²) >= 11 is 0. The van der Waals surface area contributed by atoms with Gasteiger partial charge in [0, 0.05) is 0 Å². The van der Waals surface area contributed by atoms with Crippen molar-refractivity contribution in [1.29, 1.82) is 0 Å². The maximum atomic E-state index is 13.6. The van der Waals surface area contributed by atoms with Gasteiger partial charge >= 0.3 is 5.97 Å². The van der Waals surface area contributed by atoms with Gasteiger partial charge in [-0.2, -0.15) is 0 Å². The number of hydrogen-bond acceptors (Lipinski definition) is 4. The molecule has 0 spiro atoms. The fraction of sp³-hybridized carbons (Fsp3) is 0.125. The van der Waals surface area contributed by atoms with Crippen molar-refractivity contribution in [3.8, 4) is 11.5 Å². The topological polar surface area (TPSA) is 73.1 Å². The first-order valence-electron chi connectivity index (χ1n) is 6.75. The molecule has 0 radical (unpaired) electrons. The van der Waals surface area contributed by atoms with Crippen LogP contribution in [0.25, 0.3) is 5.52 Å². The Hall–Kier alpha value is -3.09. The van der Waals surface area contributed by atoms with Crippen LogP contribution in [-0.2, 0) is 6.61 Å². The number of rotatable bonds is 5. The fourth-order valence-corrected chi connectivity index (χ4v) is 2.21. The van der Waals surface area contributed by atoms with E-state index in [9.17, 15) is 14.3 Å². The third-order valence-corrected chi connectivity index (χ3v) is 3.31. The van der Waals surface area contributed by atoms with Crippen molar-refractivity contribution in [3.63, 3.8) is 0 Å². The smallest absolute Gasteiger partial charge is 0.356 e. The Bertz CT molecular complexity index is 876. The summed E-state index contributed by atoms with van der Waals surface area (Å²) in [6.45, 7) is -0.0808. The number of nitrogens with zero attached hydrogens (tertiary/aromatic N) is 2. The van der Waals surface area contributed by atoms with Gasteiger partial charge in [-0.3, -0.25) is 4.40 Å². The molecule has 6 nitrogen and oxygen atoms in total. The highest BCUT2D eigenvalue weighted by Crippen LogP contribution is 2.21. The molecule has 7 heteroatoms. The van der Waals surface area contributed by atoms with E-state index in [1.165, 1.54) is 19.2 Å². The van der Waals surface area contributed by atoms with E-state index in [1.807, 2.05) is 0 Å². The summed E-state index contributed by atoms with van der Waals surface area (Å²) in [6.07, 6.45) is 1.61. The molecule has 2 heterocycles. The van der Waals surface area contributed by atoms with Crippen molar-refractivity contribution in [2.75, 3.05) is 7.11 Å². The number of carboxylic acids is 1. The standard InChI is InChI=1S/C16H13FN2O4/c1-22-10-6-7-12-15(16(20)21)18-14(19(12)8-10)9-23-13-5-3-2-4-11(13)17/h2-8H,9H2,1H3,(H,20,21). The lowest BCUT2D eigenvalue weighted by molar-refractivity contribution is 0.0693. The lowest BCUT2D eigenvalue weighted by atomic mass is 10.3. The van der Waals surface area contributed by atoms with E-state index in [4.69, 9.17) is 9.47 Å². The van der Waals surface area contributed by atoms with Crippen molar-refractivity contribution >= 4 is 11.5 Å². The van der Waals surface area contributed by atoms with Crippen LogP contribution in [0.1, 0.15) is 16.3 Å². The molecule has 0 fully saturated rings. The zero-order valence-electron chi connectivity index (χ0n) is 12.2. The van der Waals surface area contributed by atoms with Crippen LogP contribution in [0.15, 0.2) is 42.6 Å². The Morgan fingerprint density at radius 3 is 2.78 bits per heavy atom. The molecule has 0 amide bonds. The number of pyridine rings is 1. The second-order valence-corrected chi connectivity index (χ2v) is 4.73. The van der Waals surface area contributed by atoms with Crippen molar-refractivity contribution in [1.82, 2.24) is 9.38 Å². The summed E-state index contributed by atoms with van der Waals surface area (Å²) in [5.74, 6) is -0.697. The minimum absolute atomic E-state index is 0.0732. The van der Waals surface area contributed by atoms with E-state index in [2.05, 4.69) is 4.98 Å². The zero-order valence-corrected chi connectivity index (χ0v) is 12.2. The van der Waals surface area contributed by atoms with Crippen molar-refractivity contribution in [2.24, 2.45) is 0 Å². The third-order valence-electron chi connectivity index (χ3n) is 3.31. The summed E-state index contributed by atoms with van der Waals surface area (Å²) in [5.41, 5.74) is 0.310. The van der Waals surface area contributed by atoms with Crippen LogP contribution >= 0.6 is 0 Å². The Labute approximate surface area is 130 Å². The number of ether oxygens (including phenoxy) is 2. The number of para-hydroxylation sites is 1. The first-order valence-corrected chi connectivity index (χ1v) is 6.75. The quantitative estimate of drug-likeness (QED) is 0.783. The van der Waals surface area contributed by atoms with Crippen molar-refractivity contribution in [3.05, 3.63) is 59.9 Å². The molecule has 3 rings (SSSR count). The number of fused-ring (bicyclic) bond motifs is 1. The van der Waals surface area contributed by atoms with Crippen molar-refractivity contribution in [2.45, 2.75) is 6.61 Å². The fourth-order valence-electron chi connectivity index (χ4n) is 2.21. The molecule has 1 aromatic carbocycles. The second-order valence-electron chi connectivity index (χ2n) is 4.73. The molecule has 3 aromatic rings. The van der Waals surface area contributed by atoms with E-state index >= 15 is 0 Å². The van der Waals surface area contributed by atoms with Crippen LogP contribution in [0.3, 0.4) is 0 Å². The molecular formula is C16H13FN2O4. The van der Waals surface area contributed by atoms with Crippen LogP contribution < -0.4 is 9.47 Å². The Kier molecular flexibility index (Phi) is 3.84. The van der Waals surface area contributed by atoms with Gasteiger partial charge in [-0.1, -0.05) is 12.1 Å². The summed E-state index contributed by atoms with van der Waals surface area (Å²) in [7, 11) is 1.51. The molecule has 1 N–H and O–H groups in total. The predicted molar refractivity (Wildman–Crippen MR) is 79.4 cm³/mol. The van der Waals surface area contributed by atoms with E-state index in [-0.39, 0.29) is 18.1 Å². The molecule has 0 atom stereocenters. The first-order chi connectivity index (χ1) is 11.1. The Morgan fingerprint density at radius 1 is 1.30 bits per heavy atom. The largest absolute Gasteiger partial charge is 0.495 e. The number of carbonyl (C=O) groups is 1. The molecule has 2 aromatic heterocycles. The van der Waals surface area contributed by atoms with Gasteiger partial charge in [-0.05, 0) is 24.3 Å². The summed E-state index contributed by atoms with van der Waals surface area (Å²) in [5, 5.41) is 9.24. The van der Waals surface area contributed by atoms with Crippen LogP contribution in [0.4, 0.5) is 4.39 Å². The average molecular weight is 316 g/mol. The van der Waals surface area contributed by atoms with E-state index in [0.29, 0.717) is 17.1 Å². The number of methoxy groups -OCH3 is 1. The highest BCUT2D eigenvalue weighted by atomic mass is 19.1. The molecule has 118 valence electrons. The van der Waals surface area contributed by atoms with Crippen LogP contribution in [0, 0.1) is 5.82 Å². The first kappa shape index (κ1) is 14.8. The summed E-state index contributed by atoms with van der Waals surface area (Å²) in [4.78, 5) is 15.4. The van der Waals surface area contributed by atoms with Crippen LogP contribution in [0.5, 0.6) is 11.5 Å². The number of halogens is 1. The van der Waals surface area contributed by atoms with Gasteiger partial charge in [-0.25, -0.2) is 14.2 Å². The van der Waals surface area contributed by atoms with Gasteiger partial charge in [0.2, 0.25) is 0 Å². The number of benzene rings is 1. The molecule has 0 aliphatic carbocycles. The van der Waals surface area contributed by atoms with Gasteiger partial charge in [0.05, 0.1) is 18.8 Å². The number of aromatic carboxylic acids is 1. The van der Waals surface area contributed by atoms with Crippen molar-refractivity contribution < 1.29 is 23.8 Å². The Balaban J connectivity index is 1.99. The van der Waals surface area contributed by atoms with Gasteiger partial charge in [-0.15, -0.1) is 0 Å². The number of aromatic nitrogens is 2. The summed E-state index contributed by atoms with van der Waals surface area (Å²) in [6, 6.07) is 9.22. The number of imidazole rings is 1. The molecule has 0 saturated heterocycles. The van der Waals surface area contributed by atoms with E-state index in [0.717, 1.165) is 0 Å². The maximum Gasteiger partial charge on any atom is 0.356 e. The average Bonchev–Trinajstić information content (AvgIpc) is 2.92. The van der Waals surface area contributed by atoms with Crippen LogP contribution in [0.2, 0.25) is 0 Å². The monoisotopic (exact) mass is 316 g/mol. The van der Waals surface area contributed by atoms with Gasteiger partial charge in [0.15, 0.2) is 23.1 Å². The molecule has 0 aliphatic rings. The second kappa shape index (κ2) is 5.96. The molecule has 0 unspecified atom stereocenters. The number of carboxylic acid groups (broad SMARTS) is 1. The normalized spacial score (nSPS) is 10.7. The van der Waals surface area contributed by atoms with Gasteiger partial charge in [0.1, 0.15) is 12.4 Å². The molecule has 23 heavy (non-hydrogen) atoms. The Morgan fingerprint density at radius 2 is 2.09 bits per heavy atom. The SMILES string of the molecule is COc1ccc2c(C(=O)O)nc(COc3ccccc3F)n2c1. The highest BCUT2D eigenvalue weighted by Gasteiger charge is 2.17. The lowest BCUT2D eigenvalue weighted by Crippen LogP contribution is -2.03.